The van der Waals surface area contributed by atoms with Crippen molar-refractivity contribution >= 4 is 11.9 Å². The number of ether oxygens (including phenoxy) is 1. The van der Waals surface area contributed by atoms with Gasteiger partial charge in [0.2, 0.25) is 0 Å². The molecule has 0 bridgehead atoms. The maximum atomic E-state index is 13.5. The molecule has 1 N–H and O–H groups in total. The second-order valence-electron chi connectivity index (χ2n) is 9.27. The standard InChI is InChI=1S/C30H30F3NO4/c31-30(32,33)25-9-6-8-23(19-25)21-12-14-22(15-13-21)29(37)34(26-16-17-26)20-24-7-3-4-10-27(24)38-18-5-1-2-11-28(35)36/h3-4,6-10,12-15,19,26H,1-2,5,11,16-18,20H2,(H,35,36)/i26D. The topological polar surface area (TPSA) is 66.8 Å². The highest BCUT2D eigenvalue weighted by molar-refractivity contribution is 5.95. The first-order valence-corrected chi connectivity index (χ1v) is 12.6. The highest BCUT2D eigenvalue weighted by Crippen LogP contribution is 2.34. The lowest BCUT2D eigenvalue weighted by Crippen LogP contribution is -2.32. The second kappa shape index (κ2) is 12.2. The molecule has 0 radical (unpaired) electrons. The van der Waals surface area contributed by atoms with Crippen LogP contribution in [0.15, 0.2) is 72.8 Å². The molecule has 8 heteroatoms. The largest absolute Gasteiger partial charge is 0.493 e. The number of hydrogen-bond donors (Lipinski definition) is 1. The van der Waals surface area contributed by atoms with E-state index in [9.17, 15) is 22.8 Å². The molecule has 3 aromatic carbocycles. The first-order chi connectivity index (χ1) is 18.6. The van der Waals surface area contributed by atoms with Gasteiger partial charge in [-0.1, -0.05) is 42.5 Å². The minimum Gasteiger partial charge on any atom is -0.493 e. The van der Waals surface area contributed by atoms with Crippen molar-refractivity contribution in [1.82, 2.24) is 4.90 Å². The molecule has 1 saturated carbocycles. The molecule has 0 saturated heterocycles. The summed E-state index contributed by atoms with van der Waals surface area (Å²) in [4.78, 5) is 25.7. The van der Waals surface area contributed by atoms with E-state index in [-0.39, 0.29) is 18.9 Å². The Balaban J connectivity index is 1.46. The van der Waals surface area contributed by atoms with Gasteiger partial charge in [0.1, 0.15) is 5.75 Å². The second-order valence-corrected chi connectivity index (χ2v) is 9.27. The molecule has 1 aliphatic rings. The summed E-state index contributed by atoms with van der Waals surface area (Å²) in [6, 6.07) is 17.7. The van der Waals surface area contributed by atoms with Crippen LogP contribution in [0.2, 0.25) is 0 Å². The van der Waals surface area contributed by atoms with Crippen molar-refractivity contribution in [2.45, 2.75) is 57.3 Å². The third-order valence-electron chi connectivity index (χ3n) is 6.35. The number of halogens is 3. The number of para-hydroxylation sites is 1. The lowest BCUT2D eigenvalue weighted by molar-refractivity contribution is -0.138. The molecule has 0 unspecified atom stereocenters. The van der Waals surface area contributed by atoms with Crippen LogP contribution in [-0.4, -0.2) is 34.5 Å². The number of carboxylic acid groups (broad SMARTS) is 1. The van der Waals surface area contributed by atoms with Crippen molar-refractivity contribution in [2.75, 3.05) is 6.61 Å². The number of rotatable bonds is 12. The van der Waals surface area contributed by atoms with Gasteiger partial charge in [-0.05, 0) is 73.6 Å². The first-order valence-electron chi connectivity index (χ1n) is 13.1. The van der Waals surface area contributed by atoms with E-state index < -0.39 is 23.7 Å². The number of unbranched alkanes of at least 4 members (excludes halogenated alkanes) is 2. The molecule has 0 atom stereocenters. The Morgan fingerprint density at radius 3 is 2.37 bits per heavy atom. The normalized spacial score (nSPS) is 14.4. The molecule has 0 aliphatic heterocycles. The Labute approximate surface area is 221 Å². The zero-order chi connectivity index (χ0) is 28.0. The Morgan fingerprint density at radius 2 is 1.68 bits per heavy atom. The number of nitrogens with zero attached hydrogens (tertiary/aromatic N) is 1. The van der Waals surface area contributed by atoms with Crippen molar-refractivity contribution in [1.29, 1.82) is 0 Å². The number of hydrogen-bond acceptors (Lipinski definition) is 3. The van der Waals surface area contributed by atoms with Gasteiger partial charge in [0.15, 0.2) is 0 Å². The molecule has 1 aliphatic carbocycles. The lowest BCUT2D eigenvalue weighted by atomic mass is 10.0. The molecule has 4 rings (SSSR count). The fourth-order valence-corrected chi connectivity index (χ4v) is 4.17. The predicted octanol–water partition coefficient (Wildman–Crippen LogP) is 7.20. The summed E-state index contributed by atoms with van der Waals surface area (Å²) in [7, 11) is 0. The van der Waals surface area contributed by atoms with Gasteiger partial charge in [0.25, 0.3) is 5.91 Å². The van der Waals surface area contributed by atoms with E-state index in [1.54, 1.807) is 30.3 Å². The fourth-order valence-electron chi connectivity index (χ4n) is 4.17. The van der Waals surface area contributed by atoms with Crippen molar-refractivity contribution in [2.24, 2.45) is 0 Å². The average Bonchev–Trinajstić information content (AvgIpc) is 3.67. The Morgan fingerprint density at radius 1 is 0.947 bits per heavy atom. The summed E-state index contributed by atoms with van der Waals surface area (Å²) in [6.45, 7) is 0.584. The minimum absolute atomic E-state index is 0.125. The van der Waals surface area contributed by atoms with E-state index >= 15 is 0 Å². The van der Waals surface area contributed by atoms with Gasteiger partial charge in [-0.3, -0.25) is 9.59 Å². The zero-order valence-corrected chi connectivity index (χ0v) is 20.8. The quantitative estimate of drug-likeness (QED) is 0.254. The third-order valence-corrected chi connectivity index (χ3v) is 6.35. The Bertz CT molecular complexity index is 1310. The Hall–Kier alpha value is -3.81. The maximum Gasteiger partial charge on any atom is 0.416 e. The molecular formula is C30H30F3NO4. The van der Waals surface area contributed by atoms with Crippen LogP contribution in [0.5, 0.6) is 5.75 Å². The third kappa shape index (κ3) is 7.37. The van der Waals surface area contributed by atoms with E-state index in [1.807, 2.05) is 24.3 Å². The smallest absolute Gasteiger partial charge is 0.416 e. The van der Waals surface area contributed by atoms with Crippen LogP contribution in [0.25, 0.3) is 11.1 Å². The molecule has 1 fully saturated rings. The Kier molecular flexibility index (Phi) is 8.26. The summed E-state index contributed by atoms with van der Waals surface area (Å²) in [6.07, 6.45) is -1.21. The molecule has 0 heterocycles. The SMILES string of the molecule is [2H]C1(N(Cc2ccccc2OCCCCCC(=O)O)C(=O)c2ccc(-c3cccc(C(F)(F)F)c3)cc2)CC1. The van der Waals surface area contributed by atoms with E-state index in [0.717, 1.165) is 24.1 Å². The minimum atomic E-state index is -4.44. The van der Waals surface area contributed by atoms with Crippen LogP contribution in [0.1, 0.15) is 61.4 Å². The summed E-state index contributed by atoms with van der Waals surface area (Å²) < 4.78 is 54.0. The molecule has 0 aromatic heterocycles. The highest BCUT2D eigenvalue weighted by Gasteiger charge is 2.34. The molecular weight excluding hydrogens is 495 g/mol. The van der Waals surface area contributed by atoms with Crippen LogP contribution in [0.4, 0.5) is 13.2 Å². The molecule has 1 amide bonds. The number of aliphatic carboxylic acids is 1. The van der Waals surface area contributed by atoms with Gasteiger partial charge in [-0.25, -0.2) is 0 Å². The number of amides is 1. The number of alkyl halides is 3. The van der Waals surface area contributed by atoms with Crippen LogP contribution in [0.3, 0.4) is 0 Å². The average molecular weight is 527 g/mol. The number of carbonyl (C=O) groups excluding carboxylic acids is 1. The first kappa shape index (κ1) is 25.8. The van der Waals surface area contributed by atoms with E-state index in [2.05, 4.69) is 0 Å². The van der Waals surface area contributed by atoms with Gasteiger partial charge < -0.3 is 14.7 Å². The highest BCUT2D eigenvalue weighted by atomic mass is 19.4. The summed E-state index contributed by atoms with van der Waals surface area (Å²) in [5.41, 5.74) is 1.32. The van der Waals surface area contributed by atoms with Gasteiger partial charge in [-0.15, -0.1) is 0 Å². The van der Waals surface area contributed by atoms with E-state index in [0.29, 0.717) is 54.7 Å². The van der Waals surface area contributed by atoms with Crippen molar-refractivity contribution < 1.29 is 34.0 Å². The zero-order valence-electron chi connectivity index (χ0n) is 21.8. The van der Waals surface area contributed by atoms with Gasteiger partial charge in [-0.2, -0.15) is 13.2 Å². The van der Waals surface area contributed by atoms with Crippen LogP contribution >= 0.6 is 0 Å². The van der Waals surface area contributed by atoms with E-state index in [4.69, 9.17) is 11.2 Å². The number of carboxylic acids is 1. The predicted molar refractivity (Wildman–Crippen MR) is 138 cm³/mol. The van der Waals surface area contributed by atoms with Crippen LogP contribution in [0, 0.1) is 0 Å². The fraction of sp³-hybridized carbons (Fsp3) is 0.333. The molecule has 200 valence electrons. The van der Waals surface area contributed by atoms with Crippen molar-refractivity contribution in [3.05, 3.63) is 89.5 Å². The monoisotopic (exact) mass is 526 g/mol. The van der Waals surface area contributed by atoms with Gasteiger partial charge in [0.05, 0.1) is 13.5 Å². The molecule has 3 aromatic rings. The molecule has 5 nitrogen and oxygen atoms in total. The van der Waals surface area contributed by atoms with Gasteiger partial charge >= 0.3 is 12.1 Å². The van der Waals surface area contributed by atoms with Crippen molar-refractivity contribution in [3.63, 3.8) is 0 Å². The van der Waals surface area contributed by atoms with E-state index in [1.165, 1.54) is 11.0 Å². The molecule has 0 spiro atoms. The lowest BCUT2D eigenvalue weighted by Gasteiger charge is -2.24. The van der Waals surface area contributed by atoms with Crippen LogP contribution < -0.4 is 4.74 Å². The van der Waals surface area contributed by atoms with Crippen molar-refractivity contribution in [3.8, 4) is 16.9 Å². The van der Waals surface area contributed by atoms with Gasteiger partial charge in [0, 0.05) is 30.1 Å². The number of carbonyl (C=O) groups is 2. The summed E-state index contributed by atoms with van der Waals surface area (Å²) in [5.74, 6) is -0.542. The maximum absolute atomic E-state index is 13.5. The molecule has 38 heavy (non-hydrogen) atoms. The van der Waals surface area contributed by atoms with Crippen LogP contribution in [-0.2, 0) is 17.5 Å². The summed E-state index contributed by atoms with van der Waals surface area (Å²) >= 11 is 0. The number of benzene rings is 3. The summed E-state index contributed by atoms with van der Waals surface area (Å²) in [5, 5.41) is 8.75.